The average Bonchev–Trinajstić information content (AvgIpc) is 3.23. The summed E-state index contributed by atoms with van der Waals surface area (Å²) in [6.45, 7) is 6.72. The molecule has 7 nitrogen and oxygen atoms in total. The van der Waals surface area contributed by atoms with Gasteiger partial charge in [-0.3, -0.25) is 14.5 Å². The molecule has 2 fully saturated rings. The summed E-state index contributed by atoms with van der Waals surface area (Å²) in [4.78, 5) is 30.5. The molecule has 0 unspecified atom stereocenters. The number of rotatable bonds is 9. The highest BCUT2D eigenvalue weighted by Gasteiger charge is 2.45. The van der Waals surface area contributed by atoms with Crippen LogP contribution >= 0.6 is 0 Å². The number of hydrogen-bond acceptors (Lipinski definition) is 6. The van der Waals surface area contributed by atoms with Crippen molar-refractivity contribution in [3.8, 4) is 5.75 Å². The number of benzene rings is 3. The summed E-state index contributed by atoms with van der Waals surface area (Å²) in [7, 11) is 0. The van der Waals surface area contributed by atoms with Gasteiger partial charge in [0, 0.05) is 31.7 Å². The van der Waals surface area contributed by atoms with Gasteiger partial charge in [-0.2, -0.15) is 0 Å². The molecule has 2 aliphatic rings. The molecule has 0 aliphatic carbocycles. The average molecular weight is 527 g/mol. The first kappa shape index (κ1) is 26.7. The number of carbonyl (C=O) groups excluding carboxylic acids is 2. The lowest BCUT2D eigenvalue weighted by Crippen LogP contribution is -2.38. The van der Waals surface area contributed by atoms with E-state index in [1.807, 2.05) is 67.6 Å². The molecule has 0 saturated carbocycles. The zero-order valence-corrected chi connectivity index (χ0v) is 22.2. The van der Waals surface area contributed by atoms with E-state index in [1.165, 1.54) is 0 Å². The van der Waals surface area contributed by atoms with Gasteiger partial charge in [0.2, 0.25) is 0 Å². The van der Waals surface area contributed by atoms with Gasteiger partial charge >= 0.3 is 0 Å². The molecule has 1 N–H and O–H groups in total. The second-order valence-electron chi connectivity index (χ2n) is 9.97. The van der Waals surface area contributed by atoms with Gasteiger partial charge in [-0.1, -0.05) is 60.7 Å². The van der Waals surface area contributed by atoms with Crippen molar-refractivity contribution in [2.45, 2.75) is 26.0 Å². The van der Waals surface area contributed by atoms with Crippen molar-refractivity contribution in [3.05, 3.63) is 107 Å². The quantitative estimate of drug-likeness (QED) is 0.247. The van der Waals surface area contributed by atoms with Gasteiger partial charge in [0.05, 0.1) is 24.8 Å². The number of likely N-dealkylation sites (tertiary alicyclic amines) is 1. The van der Waals surface area contributed by atoms with Crippen molar-refractivity contribution >= 4 is 17.4 Å². The smallest absolute Gasteiger partial charge is 0.295 e. The Balaban J connectivity index is 1.40. The van der Waals surface area contributed by atoms with Crippen molar-refractivity contribution in [2.75, 3.05) is 39.4 Å². The van der Waals surface area contributed by atoms with Gasteiger partial charge in [-0.05, 0) is 48.2 Å². The Morgan fingerprint density at radius 2 is 1.64 bits per heavy atom. The number of hydrogen-bond donors (Lipinski definition) is 1. The zero-order chi connectivity index (χ0) is 27.2. The molecule has 39 heavy (non-hydrogen) atoms. The van der Waals surface area contributed by atoms with Crippen LogP contribution in [0.4, 0.5) is 0 Å². The van der Waals surface area contributed by atoms with E-state index in [9.17, 15) is 14.7 Å². The van der Waals surface area contributed by atoms with Gasteiger partial charge in [-0.25, -0.2) is 0 Å². The summed E-state index contributed by atoms with van der Waals surface area (Å²) in [5.41, 5.74) is 3.28. The first-order chi connectivity index (χ1) is 19.0. The number of aryl methyl sites for hydroxylation is 1. The van der Waals surface area contributed by atoms with Crippen LogP contribution in [0, 0.1) is 6.92 Å². The lowest BCUT2D eigenvalue weighted by molar-refractivity contribution is -0.140. The van der Waals surface area contributed by atoms with Gasteiger partial charge in [0.25, 0.3) is 11.7 Å². The molecule has 202 valence electrons. The second-order valence-corrected chi connectivity index (χ2v) is 9.97. The number of ether oxygens (including phenoxy) is 2. The molecule has 5 rings (SSSR count). The van der Waals surface area contributed by atoms with Crippen molar-refractivity contribution in [3.63, 3.8) is 0 Å². The highest BCUT2D eigenvalue weighted by atomic mass is 16.5. The fourth-order valence-electron chi connectivity index (χ4n) is 5.23. The van der Waals surface area contributed by atoms with Crippen molar-refractivity contribution in [1.82, 2.24) is 9.80 Å². The van der Waals surface area contributed by atoms with E-state index in [2.05, 4.69) is 4.90 Å². The molecule has 0 aromatic heterocycles. The molecular formula is C32H34N2O5. The minimum Gasteiger partial charge on any atom is -0.507 e. The Labute approximate surface area is 229 Å². The Kier molecular flexibility index (Phi) is 8.39. The summed E-state index contributed by atoms with van der Waals surface area (Å²) >= 11 is 0. The predicted octanol–water partition coefficient (Wildman–Crippen LogP) is 4.72. The van der Waals surface area contributed by atoms with Crippen LogP contribution in [0.2, 0.25) is 0 Å². The molecule has 3 aromatic rings. The van der Waals surface area contributed by atoms with Crippen molar-refractivity contribution in [2.24, 2.45) is 0 Å². The minimum absolute atomic E-state index is 0.120. The lowest BCUT2D eigenvalue weighted by Gasteiger charge is -2.29. The third-order valence-corrected chi connectivity index (χ3v) is 7.32. The Morgan fingerprint density at radius 3 is 2.33 bits per heavy atom. The summed E-state index contributed by atoms with van der Waals surface area (Å²) in [5, 5.41) is 11.4. The normalized spacial score (nSPS) is 19.4. The molecule has 2 saturated heterocycles. The Morgan fingerprint density at radius 1 is 0.949 bits per heavy atom. The number of ketones is 1. The fourth-order valence-corrected chi connectivity index (χ4v) is 5.23. The molecule has 1 atom stereocenters. The predicted molar refractivity (Wildman–Crippen MR) is 149 cm³/mol. The van der Waals surface area contributed by atoms with Gasteiger partial charge in [0.15, 0.2) is 0 Å². The maximum Gasteiger partial charge on any atom is 0.295 e. The summed E-state index contributed by atoms with van der Waals surface area (Å²) in [6.07, 6.45) is 0.725. The summed E-state index contributed by atoms with van der Waals surface area (Å²) in [6, 6.07) is 24.0. The van der Waals surface area contributed by atoms with Crippen LogP contribution in [-0.4, -0.2) is 66.0 Å². The Hall–Kier alpha value is -3.94. The standard InChI is InChI=1S/C32H34N2O5/c1-23-21-26(13-14-27(23)39-22-24-9-4-2-5-10-24)30(35)28-29(25-11-6-3-7-12-25)34(32(37)31(28)36)16-8-15-33-17-19-38-20-18-33/h2-7,9-14,21,29,35H,8,15-20,22H2,1H3/b30-28+/t29-/m1/s1. The van der Waals surface area contributed by atoms with Crippen molar-refractivity contribution in [1.29, 1.82) is 0 Å². The maximum absolute atomic E-state index is 13.3. The maximum atomic E-state index is 13.3. The van der Waals surface area contributed by atoms with Crippen LogP contribution in [0.3, 0.4) is 0 Å². The molecule has 0 bridgehead atoms. The van der Waals surface area contributed by atoms with E-state index < -0.39 is 17.7 Å². The van der Waals surface area contributed by atoms with Gasteiger partial charge < -0.3 is 19.5 Å². The van der Waals surface area contributed by atoms with Crippen LogP contribution < -0.4 is 4.74 Å². The number of aliphatic hydroxyl groups excluding tert-OH is 1. The molecule has 0 spiro atoms. The van der Waals surface area contributed by atoms with Crippen LogP contribution in [0.25, 0.3) is 5.76 Å². The minimum atomic E-state index is -0.658. The number of Topliss-reactive ketones (excluding diaryl/α,β-unsaturated/α-hetero) is 1. The van der Waals surface area contributed by atoms with E-state index in [4.69, 9.17) is 9.47 Å². The van der Waals surface area contributed by atoms with E-state index in [0.717, 1.165) is 42.7 Å². The molecule has 7 heteroatoms. The first-order valence-electron chi connectivity index (χ1n) is 13.4. The van der Waals surface area contributed by atoms with E-state index >= 15 is 0 Å². The topological polar surface area (TPSA) is 79.3 Å². The number of aliphatic hydroxyl groups is 1. The fraction of sp³-hybridized carbons (Fsp3) is 0.312. The van der Waals surface area contributed by atoms with Gasteiger partial charge in [0.1, 0.15) is 18.1 Å². The molecule has 2 heterocycles. The third kappa shape index (κ3) is 6.05. The molecule has 2 aliphatic heterocycles. The SMILES string of the molecule is Cc1cc(/C(O)=C2\C(=O)C(=O)N(CCCN3CCOCC3)[C@@H]2c2ccccc2)ccc1OCc1ccccc1. The number of nitrogens with zero attached hydrogens (tertiary/aromatic N) is 2. The lowest BCUT2D eigenvalue weighted by atomic mass is 9.95. The van der Waals surface area contributed by atoms with Crippen LogP contribution in [-0.2, 0) is 20.9 Å². The molecule has 0 radical (unpaired) electrons. The van der Waals surface area contributed by atoms with Gasteiger partial charge in [-0.15, -0.1) is 0 Å². The van der Waals surface area contributed by atoms with E-state index in [1.54, 1.807) is 23.1 Å². The first-order valence-corrected chi connectivity index (χ1v) is 13.4. The number of morpholine rings is 1. The highest BCUT2D eigenvalue weighted by molar-refractivity contribution is 6.46. The number of carbonyl (C=O) groups is 2. The van der Waals surface area contributed by atoms with E-state index in [0.29, 0.717) is 37.7 Å². The van der Waals surface area contributed by atoms with Crippen molar-refractivity contribution < 1.29 is 24.2 Å². The highest BCUT2D eigenvalue weighted by Crippen LogP contribution is 2.40. The Bertz CT molecular complexity index is 1330. The third-order valence-electron chi connectivity index (χ3n) is 7.32. The molecule has 1 amide bonds. The van der Waals surface area contributed by atoms with Crippen LogP contribution in [0.1, 0.15) is 34.7 Å². The molecular weight excluding hydrogens is 492 g/mol. The monoisotopic (exact) mass is 526 g/mol. The molecule has 3 aromatic carbocycles. The zero-order valence-electron chi connectivity index (χ0n) is 22.2. The second kappa shape index (κ2) is 12.3. The van der Waals surface area contributed by atoms with Crippen LogP contribution in [0.5, 0.6) is 5.75 Å². The number of amides is 1. The van der Waals surface area contributed by atoms with Crippen LogP contribution in [0.15, 0.2) is 84.4 Å². The summed E-state index contributed by atoms with van der Waals surface area (Å²) in [5.74, 6) is -0.712. The largest absolute Gasteiger partial charge is 0.507 e. The van der Waals surface area contributed by atoms with E-state index in [-0.39, 0.29) is 11.3 Å². The summed E-state index contributed by atoms with van der Waals surface area (Å²) < 4.78 is 11.4.